The molecule has 22 heavy (non-hydrogen) atoms. The zero-order valence-corrected chi connectivity index (χ0v) is 13.0. The third kappa shape index (κ3) is 3.12. The molecule has 0 unspecified atom stereocenters. The molecule has 0 saturated carbocycles. The maximum absolute atomic E-state index is 12.1. The van der Waals surface area contributed by atoms with Gasteiger partial charge in [0, 0.05) is 5.56 Å². The second kappa shape index (κ2) is 6.63. The fourth-order valence-electron chi connectivity index (χ4n) is 2.47. The summed E-state index contributed by atoms with van der Waals surface area (Å²) in [6, 6.07) is 26.2. The van der Waals surface area contributed by atoms with Gasteiger partial charge >= 0.3 is 0 Å². The number of benzene rings is 3. The minimum Gasteiger partial charge on any atom is -0.293 e. The van der Waals surface area contributed by atoms with Gasteiger partial charge in [-0.15, -0.1) is 0 Å². The van der Waals surface area contributed by atoms with Crippen LogP contribution >= 0.6 is 12.6 Å². The van der Waals surface area contributed by atoms with Crippen LogP contribution < -0.4 is 0 Å². The summed E-state index contributed by atoms with van der Waals surface area (Å²) in [6.07, 6.45) is 0. The first-order valence-corrected chi connectivity index (χ1v) is 7.81. The lowest BCUT2D eigenvalue weighted by Crippen LogP contribution is -2.01. The normalized spacial score (nSPS) is 10.4. The summed E-state index contributed by atoms with van der Waals surface area (Å²) in [5.41, 5.74) is 5.01. The van der Waals surface area contributed by atoms with Crippen LogP contribution in [0.5, 0.6) is 0 Å². The van der Waals surface area contributed by atoms with E-state index in [-0.39, 0.29) is 11.5 Å². The molecule has 0 amide bonds. The van der Waals surface area contributed by atoms with Crippen molar-refractivity contribution in [1.82, 2.24) is 0 Å². The van der Waals surface area contributed by atoms with Crippen molar-refractivity contribution in [1.29, 1.82) is 0 Å². The topological polar surface area (TPSA) is 17.1 Å². The van der Waals surface area contributed by atoms with E-state index >= 15 is 0 Å². The molecule has 0 aliphatic heterocycles. The van der Waals surface area contributed by atoms with Gasteiger partial charge in [-0.2, -0.15) is 12.6 Å². The van der Waals surface area contributed by atoms with Gasteiger partial charge in [-0.3, -0.25) is 4.79 Å². The van der Waals surface area contributed by atoms with Gasteiger partial charge in [0.15, 0.2) is 5.78 Å². The van der Waals surface area contributed by atoms with Crippen molar-refractivity contribution in [3.8, 4) is 22.3 Å². The van der Waals surface area contributed by atoms with E-state index < -0.39 is 0 Å². The first-order valence-electron chi connectivity index (χ1n) is 7.18. The van der Waals surface area contributed by atoms with Gasteiger partial charge in [-0.05, 0) is 40.5 Å². The standard InChI is InChI=1S/C20H16OS/c21-20(14-22)19-12-17(15-7-3-1-4-8-15)11-18(13-19)16-9-5-2-6-10-16/h1-13,22H,14H2. The van der Waals surface area contributed by atoms with E-state index in [1.54, 1.807) is 0 Å². The second-order valence-electron chi connectivity index (χ2n) is 5.11. The summed E-state index contributed by atoms with van der Waals surface area (Å²) in [7, 11) is 0. The van der Waals surface area contributed by atoms with Gasteiger partial charge < -0.3 is 0 Å². The van der Waals surface area contributed by atoms with Gasteiger partial charge in [0.2, 0.25) is 0 Å². The molecule has 3 aromatic carbocycles. The zero-order valence-electron chi connectivity index (χ0n) is 12.1. The molecule has 0 N–H and O–H groups in total. The molecule has 3 aromatic rings. The molecular formula is C20H16OS. The maximum Gasteiger partial charge on any atom is 0.172 e. The van der Waals surface area contributed by atoms with E-state index in [1.165, 1.54) is 0 Å². The van der Waals surface area contributed by atoms with E-state index in [1.807, 2.05) is 48.5 Å². The summed E-state index contributed by atoms with van der Waals surface area (Å²) in [5.74, 6) is 0.255. The Morgan fingerprint density at radius 2 is 1.14 bits per heavy atom. The van der Waals surface area contributed by atoms with Gasteiger partial charge in [0.1, 0.15) is 0 Å². The summed E-state index contributed by atoms with van der Waals surface area (Å²) in [6.45, 7) is 0. The highest BCUT2D eigenvalue weighted by Gasteiger charge is 2.09. The van der Waals surface area contributed by atoms with Crippen LogP contribution in [0.1, 0.15) is 10.4 Å². The van der Waals surface area contributed by atoms with Crippen molar-refractivity contribution in [2.45, 2.75) is 0 Å². The van der Waals surface area contributed by atoms with Crippen molar-refractivity contribution in [2.24, 2.45) is 0 Å². The third-order valence-corrected chi connectivity index (χ3v) is 3.90. The van der Waals surface area contributed by atoms with Crippen LogP contribution in [0, 0.1) is 0 Å². The molecule has 0 aliphatic rings. The van der Waals surface area contributed by atoms with Crippen LogP contribution in [0.25, 0.3) is 22.3 Å². The highest BCUT2D eigenvalue weighted by Crippen LogP contribution is 2.28. The number of hydrogen-bond donors (Lipinski definition) is 1. The van der Waals surface area contributed by atoms with Crippen molar-refractivity contribution in [3.63, 3.8) is 0 Å². The minimum atomic E-state index is 0.0401. The summed E-state index contributed by atoms with van der Waals surface area (Å²) in [5, 5.41) is 0. The van der Waals surface area contributed by atoms with E-state index in [0.717, 1.165) is 22.3 Å². The van der Waals surface area contributed by atoms with E-state index in [9.17, 15) is 4.79 Å². The first kappa shape index (κ1) is 14.6. The molecule has 1 nitrogen and oxygen atoms in total. The fraction of sp³-hybridized carbons (Fsp3) is 0.0500. The van der Waals surface area contributed by atoms with Gasteiger partial charge in [-0.1, -0.05) is 60.7 Å². The number of carbonyl (C=O) groups excluding carboxylic acids is 1. The van der Waals surface area contributed by atoms with Crippen molar-refractivity contribution in [2.75, 3.05) is 5.75 Å². The van der Waals surface area contributed by atoms with E-state index in [2.05, 4.69) is 43.0 Å². The Bertz CT molecular complexity index is 722. The quantitative estimate of drug-likeness (QED) is 0.522. The summed E-state index contributed by atoms with van der Waals surface area (Å²) in [4.78, 5) is 12.1. The van der Waals surface area contributed by atoms with E-state index in [0.29, 0.717) is 5.56 Å². The molecule has 3 rings (SSSR count). The van der Waals surface area contributed by atoms with Crippen LogP contribution in [0.4, 0.5) is 0 Å². The fourth-order valence-corrected chi connectivity index (χ4v) is 2.66. The molecule has 0 atom stereocenters. The third-order valence-electron chi connectivity index (χ3n) is 3.61. The molecule has 2 heteroatoms. The smallest absolute Gasteiger partial charge is 0.172 e. The highest BCUT2D eigenvalue weighted by molar-refractivity contribution is 7.81. The van der Waals surface area contributed by atoms with Crippen molar-refractivity contribution < 1.29 is 4.79 Å². The molecule has 0 fully saturated rings. The number of ketones is 1. The Labute approximate surface area is 136 Å². The largest absolute Gasteiger partial charge is 0.293 e. The van der Waals surface area contributed by atoms with Crippen molar-refractivity contribution in [3.05, 3.63) is 84.4 Å². The SMILES string of the molecule is O=C(CS)c1cc(-c2ccccc2)cc(-c2ccccc2)c1. The Hall–Kier alpha value is -2.32. The second-order valence-corrected chi connectivity index (χ2v) is 5.43. The number of thiol groups is 1. The Balaban J connectivity index is 2.17. The lowest BCUT2D eigenvalue weighted by atomic mass is 9.95. The predicted octanol–water partition coefficient (Wildman–Crippen LogP) is 5.13. The number of hydrogen-bond acceptors (Lipinski definition) is 2. The predicted molar refractivity (Wildman–Crippen MR) is 95.5 cm³/mol. The summed E-state index contributed by atoms with van der Waals surface area (Å²) < 4.78 is 0. The molecule has 0 radical (unpaired) electrons. The number of rotatable bonds is 4. The van der Waals surface area contributed by atoms with Crippen LogP contribution in [-0.4, -0.2) is 11.5 Å². The molecule has 0 aliphatic carbocycles. The lowest BCUT2D eigenvalue weighted by Gasteiger charge is -2.09. The number of carbonyl (C=O) groups is 1. The molecule has 0 bridgehead atoms. The van der Waals surface area contributed by atoms with Gasteiger partial charge in [0.05, 0.1) is 5.75 Å². The van der Waals surface area contributed by atoms with Crippen molar-refractivity contribution >= 4 is 18.4 Å². The molecular weight excluding hydrogens is 288 g/mol. The highest BCUT2D eigenvalue weighted by atomic mass is 32.1. The summed E-state index contributed by atoms with van der Waals surface area (Å²) >= 11 is 4.12. The maximum atomic E-state index is 12.1. The minimum absolute atomic E-state index is 0.0401. The van der Waals surface area contributed by atoms with Crippen LogP contribution in [-0.2, 0) is 0 Å². The molecule has 108 valence electrons. The van der Waals surface area contributed by atoms with Crippen LogP contribution in [0.2, 0.25) is 0 Å². The van der Waals surface area contributed by atoms with Gasteiger partial charge in [-0.25, -0.2) is 0 Å². The van der Waals surface area contributed by atoms with Gasteiger partial charge in [0.25, 0.3) is 0 Å². The average Bonchev–Trinajstić information content (AvgIpc) is 2.62. The first-order chi connectivity index (χ1) is 10.8. The molecule has 0 saturated heterocycles. The molecule has 0 spiro atoms. The van der Waals surface area contributed by atoms with E-state index in [4.69, 9.17) is 0 Å². The molecule has 0 aromatic heterocycles. The monoisotopic (exact) mass is 304 g/mol. The number of Topliss-reactive ketones (excluding diaryl/α,β-unsaturated/α-hetero) is 1. The van der Waals surface area contributed by atoms with Crippen LogP contribution in [0.15, 0.2) is 78.9 Å². The zero-order chi connectivity index (χ0) is 15.4. The Morgan fingerprint density at radius 3 is 1.55 bits per heavy atom. The average molecular weight is 304 g/mol. The lowest BCUT2D eigenvalue weighted by molar-refractivity contribution is 0.102. The Kier molecular flexibility index (Phi) is 4.40. The molecule has 0 heterocycles. The van der Waals surface area contributed by atoms with Crippen LogP contribution in [0.3, 0.4) is 0 Å². The Morgan fingerprint density at radius 1 is 0.682 bits per heavy atom.